The number of hydrogen-bond acceptors (Lipinski definition) is 7. The Balaban J connectivity index is 2.89. The highest BCUT2D eigenvalue weighted by Gasteiger charge is 2.25. The molecule has 0 aliphatic heterocycles. The number of nitrogens with zero attached hydrogens (tertiary/aromatic N) is 1. The number of hydrogen-bond donors (Lipinski definition) is 5. The molecule has 0 aromatic heterocycles. The van der Waals surface area contributed by atoms with Gasteiger partial charge in [-0.3, -0.25) is 10.1 Å². The first-order valence-electron chi connectivity index (χ1n) is 6.67. The highest BCUT2D eigenvalue weighted by atomic mass is 79.9. The molecule has 0 saturated heterocycles. The second-order valence-electron chi connectivity index (χ2n) is 4.76. The van der Waals surface area contributed by atoms with Crippen LogP contribution >= 0.6 is 15.9 Å². The molecule has 124 valence electrons. The Labute approximate surface area is 135 Å². The van der Waals surface area contributed by atoms with Gasteiger partial charge in [-0.15, -0.1) is 0 Å². The Morgan fingerprint density at radius 1 is 1.32 bits per heavy atom. The van der Waals surface area contributed by atoms with E-state index in [0.29, 0.717) is 10.9 Å². The number of nitro benzene ring substituents is 1. The van der Waals surface area contributed by atoms with Crippen molar-refractivity contribution in [2.75, 3.05) is 18.5 Å². The van der Waals surface area contributed by atoms with Crippen LogP contribution in [0.4, 0.5) is 11.4 Å². The SMILES string of the molecule is CCc1cc([N+](=O)[O-])c(NC[C@@H](O)[C@H](O)[C@H](O)CO)cc1Br. The summed E-state index contributed by atoms with van der Waals surface area (Å²) in [5.74, 6) is 0. The number of aryl methyl sites for hydroxylation is 1. The van der Waals surface area contributed by atoms with Gasteiger partial charge in [-0.25, -0.2) is 0 Å². The van der Waals surface area contributed by atoms with E-state index in [9.17, 15) is 25.4 Å². The summed E-state index contributed by atoms with van der Waals surface area (Å²) < 4.78 is 0.688. The number of aliphatic hydroxyl groups excluding tert-OH is 4. The third kappa shape index (κ3) is 4.62. The van der Waals surface area contributed by atoms with Crippen molar-refractivity contribution in [3.05, 3.63) is 32.3 Å². The fourth-order valence-electron chi connectivity index (χ4n) is 1.87. The van der Waals surface area contributed by atoms with Crippen LogP contribution in [0.5, 0.6) is 0 Å². The predicted octanol–water partition coefficient (Wildman–Crippen LogP) is 0.407. The summed E-state index contributed by atoms with van der Waals surface area (Å²) in [4.78, 5) is 10.6. The second-order valence-corrected chi connectivity index (χ2v) is 5.61. The highest BCUT2D eigenvalue weighted by Crippen LogP contribution is 2.31. The van der Waals surface area contributed by atoms with Crippen molar-refractivity contribution in [1.82, 2.24) is 0 Å². The predicted molar refractivity (Wildman–Crippen MR) is 83.8 cm³/mol. The quantitative estimate of drug-likeness (QED) is 0.326. The number of halogens is 1. The van der Waals surface area contributed by atoms with Gasteiger partial charge >= 0.3 is 0 Å². The first-order valence-corrected chi connectivity index (χ1v) is 7.46. The van der Waals surface area contributed by atoms with Crippen molar-refractivity contribution in [3.8, 4) is 0 Å². The van der Waals surface area contributed by atoms with Crippen molar-refractivity contribution in [2.45, 2.75) is 31.7 Å². The molecule has 0 fully saturated rings. The minimum atomic E-state index is -1.56. The van der Waals surface area contributed by atoms with E-state index >= 15 is 0 Å². The van der Waals surface area contributed by atoms with E-state index < -0.39 is 29.8 Å². The lowest BCUT2D eigenvalue weighted by molar-refractivity contribution is -0.384. The molecule has 22 heavy (non-hydrogen) atoms. The Kier molecular flexibility index (Phi) is 7.17. The highest BCUT2D eigenvalue weighted by molar-refractivity contribution is 9.10. The van der Waals surface area contributed by atoms with E-state index in [1.165, 1.54) is 12.1 Å². The molecule has 0 aliphatic rings. The van der Waals surface area contributed by atoms with Crippen LogP contribution in [-0.2, 0) is 6.42 Å². The number of rotatable bonds is 8. The molecule has 3 atom stereocenters. The fourth-order valence-corrected chi connectivity index (χ4v) is 2.49. The molecular formula is C13H19BrN2O6. The van der Waals surface area contributed by atoms with Crippen LogP contribution in [-0.4, -0.2) is 56.8 Å². The second kappa shape index (κ2) is 8.39. The fraction of sp³-hybridized carbons (Fsp3) is 0.538. The zero-order chi connectivity index (χ0) is 16.9. The topological polar surface area (TPSA) is 136 Å². The van der Waals surface area contributed by atoms with E-state index in [0.717, 1.165) is 5.56 Å². The van der Waals surface area contributed by atoms with Gasteiger partial charge in [0.1, 0.15) is 17.9 Å². The first kappa shape index (κ1) is 18.8. The third-order valence-corrected chi connectivity index (χ3v) is 3.96. The van der Waals surface area contributed by atoms with Crippen LogP contribution in [0, 0.1) is 10.1 Å². The summed E-state index contributed by atoms with van der Waals surface area (Å²) in [5.41, 5.74) is 0.803. The van der Waals surface area contributed by atoms with Crippen molar-refractivity contribution >= 4 is 27.3 Å². The molecular weight excluding hydrogens is 360 g/mol. The Morgan fingerprint density at radius 3 is 2.45 bits per heavy atom. The minimum absolute atomic E-state index is 0.149. The monoisotopic (exact) mass is 378 g/mol. The summed E-state index contributed by atoms with van der Waals surface area (Å²) in [6, 6.07) is 2.95. The summed E-state index contributed by atoms with van der Waals surface area (Å²) in [6.07, 6.45) is -3.83. The van der Waals surface area contributed by atoms with E-state index in [2.05, 4.69) is 21.2 Å². The zero-order valence-corrected chi connectivity index (χ0v) is 13.5. The van der Waals surface area contributed by atoms with Crippen LogP contribution in [0.15, 0.2) is 16.6 Å². The molecule has 0 spiro atoms. The third-order valence-electron chi connectivity index (χ3n) is 3.22. The van der Waals surface area contributed by atoms with Gasteiger partial charge in [-0.2, -0.15) is 0 Å². The molecule has 0 bridgehead atoms. The van der Waals surface area contributed by atoms with Gasteiger partial charge in [0.25, 0.3) is 5.69 Å². The number of anilines is 1. The lowest BCUT2D eigenvalue weighted by atomic mass is 10.1. The molecule has 1 aromatic rings. The van der Waals surface area contributed by atoms with Gasteiger partial charge in [-0.1, -0.05) is 22.9 Å². The average Bonchev–Trinajstić information content (AvgIpc) is 2.50. The van der Waals surface area contributed by atoms with Crippen molar-refractivity contribution in [1.29, 1.82) is 0 Å². The van der Waals surface area contributed by atoms with Crippen molar-refractivity contribution in [3.63, 3.8) is 0 Å². The van der Waals surface area contributed by atoms with Crippen LogP contribution in [0.3, 0.4) is 0 Å². The van der Waals surface area contributed by atoms with Crippen molar-refractivity contribution in [2.24, 2.45) is 0 Å². The van der Waals surface area contributed by atoms with Gasteiger partial charge in [0.15, 0.2) is 0 Å². The molecule has 0 amide bonds. The average molecular weight is 379 g/mol. The van der Waals surface area contributed by atoms with Gasteiger partial charge in [0.05, 0.1) is 17.6 Å². The molecule has 1 aromatic carbocycles. The summed E-state index contributed by atoms with van der Waals surface area (Å²) in [6.45, 7) is 0.944. The van der Waals surface area contributed by atoms with Gasteiger partial charge < -0.3 is 25.7 Å². The van der Waals surface area contributed by atoms with Crippen LogP contribution in [0.1, 0.15) is 12.5 Å². The maximum absolute atomic E-state index is 11.1. The molecule has 0 saturated carbocycles. The molecule has 8 nitrogen and oxygen atoms in total. The zero-order valence-electron chi connectivity index (χ0n) is 11.9. The van der Waals surface area contributed by atoms with E-state index in [1.54, 1.807) is 0 Å². The Morgan fingerprint density at radius 2 is 1.95 bits per heavy atom. The number of aliphatic hydroxyl groups is 4. The Bertz CT molecular complexity index is 527. The maximum atomic E-state index is 11.1. The Hall–Kier alpha value is -1.26. The van der Waals surface area contributed by atoms with Crippen LogP contribution in [0.2, 0.25) is 0 Å². The van der Waals surface area contributed by atoms with Crippen molar-refractivity contribution < 1.29 is 25.3 Å². The summed E-state index contributed by atoms with van der Waals surface area (Å²) >= 11 is 3.31. The molecule has 0 heterocycles. The van der Waals surface area contributed by atoms with Crippen LogP contribution < -0.4 is 5.32 Å². The van der Waals surface area contributed by atoms with E-state index in [4.69, 9.17) is 5.11 Å². The number of benzene rings is 1. The van der Waals surface area contributed by atoms with Gasteiger partial charge in [0, 0.05) is 17.1 Å². The van der Waals surface area contributed by atoms with Crippen LogP contribution in [0.25, 0.3) is 0 Å². The summed E-state index contributed by atoms with van der Waals surface area (Å²) in [7, 11) is 0. The maximum Gasteiger partial charge on any atom is 0.292 e. The molecule has 0 unspecified atom stereocenters. The van der Waals surface area contributed by atoms with E-state index in [-0.39, 0.29) is 17.9 Å². The smallest absolute Gasteiger partial charge is 0.292 e. The normalized spacial score (nSPS) is 15.2. The molecule has 9 heteroatoms. The molecule has 0 aliphatic carbocycles. The van der Waals surface area contributed by atoms with Gasteiger partial charge in [-0.05, 0) is 18.1 Å². The summed E-state index contributed by atoms with van der Waals surface area (Å²) in [5, 5.41) is 51.0. The number of nitrogens with one attached hydrogen (secondary N) is 1. The lowest BCUT2D eigenvalue weighted by Gasteiger charge is -2.22. The number of nitro groups is 1. The standard InChI is InChI=1S/C13H19BrN2O6/c1-2-7-3-10(16(21)22)9(4-8(7)14)15-5-11(18)13(20)12(19)6-17/h3-4,11-13,15,17-20H,2,5-6H2,1H3/t11-,12-,13+/m1/s1. The lowest BCUT2D eigenvalue weighted by Crippen LogP contribution is -2.42. The molecule has 5 N–H and O–H groups in total. The largest absolute Gasteiger partial charge is 0.394 e. The van der Waals surface area contributed by atoms with Gasteiger partial charge in [0.2, 0.25) is 0 Å². The molecule has 1 rings (SSSR count). The first-order chi connectivity index (χ1) is 10.3. The minimum Gasteiger partial charge on any atom is -0.394 e. The molecule has 0 radical (unpaired) electrons. The van der Waals surface area contributed by atoms with E-state index in [1.807, 2.05) is 6.92 Å².